The van der Waals surface area contributed by atoms with Crippen molar-refractivity contribution in [1.29, 1.82) is 0 Å². The molecule has 0 saturated carbocycles. The Hall–Kier alpha value is -0.773. The van der Waals surface area contributed by atoms with Gasteiger partial charge in [-0.3, -0.25) is 0 Å². The van der Waals surface area contributed by atoms with Crippen molar-refractivity contribution in [1.82, 2.24) is 0 Å². The Bertz CT molecular complexity index is 638. The van der Waals surface area contributed by atoms with Gasteiger partial charge in [0.05, 0.1) is 18.6 Å². The number of hydrogen-bond donors (Lipinski definition) is 1. The number of aliphatic hydroxyl groups is 1. The van der Waals surface area contributed by atoms with E-state index in [1.165, 1.54) is 0 Å². The maximum Gasteiger partial charge on any atom is 0.342 e. The van der Waals surface area contributed by atoms with Gasteiger partial charge in [-0.15, -0.1) is 0 Å². The first kappa shape index (κ1) is 23.9. The molecule has 3 saturated heterocycles. The molecule has 172 valence electrons. The molecule has 0 aromatic carbocycles. The van der Waals surface area contributed by atoms with Gasteiger partial charge < -0.3 is 28.5 Å². The van der Waals surface area contributed by atoms with E-state index in [1.807, 2.05) is 6.92 Å². The van der Waals surface area contributed by atoms with E-state index in [2.05, 4.69) is 33.9 Å². The van der Waals surface area contributed by atoms with Gasteiger partial charge in [-0.1, -0.05) is 32.9 Å². The first-order chi connectivity index (χ1) is 14.0. The number of esters is 1. The Labute approximate surface area is 181 Å². The van der Waals surface area contributed by atoms with Gasteiger partial charge in [0.1, 0.15) is 12.2 Å². The number of carbonyl (C=O) groups excluding carboxylic acids is 1. The molecule has 3 heterocycles. The molecule has 3 fully saturated rings. The molecule has 0 bridgehead atoms. The average molecular weight is 443 g/mol. The second-order valence-corrected chi connectivity index (χ2v) is 15.0. The van der Waals surface area contributed by atoms with Crippen LogP contribution in [0.25, 0.3) is 0 Å². The van der Waals surface area contributed by atoms with E-state index in [-0.39, 0.29) is 30.5 Å². The summed E-state index contributed by atoms with van der Waals surface area (Å²) in [4.78, 5) is 13.0. The normalized spacial score (nSPS) is 36.2. The molecule has 0 aliphatic carbocycles. The summed E-state index contributed by atoms with van der Waals surface area (Å²) in [6.45, 7) is 13.8. The Morgan fingerprint density at radius 3 is 2.60 bits per heavy atom. The van der Waals surface area contributed by atoms with Crippen LogP contribution in [0.15, 0.2) is 12.2 Å². The molecular weight excluding hydrogens is 404 g/mol. The van der Waals surface area contributed by atoms with Crippen molar-refractivity contribution in [3.8, 4) is 0 Å². The maximum atomic E-state index is 13.0. The molecule has 0 amide bonds. The third kappa shape index (κ3) is 5.00. The summed E-state index contributed by atoms with van der Waals surface area (Å²) in [5.41, 5.74) is -1.54. The molecule has 8 heteroatoms. The van der Waals surface area contributed by atoms with Crippen LogP contribution >= 0.6 is 0 Å². The molecule has 0 radical (unpaired) electrons. The van der Waals surface area contributed by atoms with Crippen molar-refractivity contribution in [3.63, 3.8) is 0 Å². The Morgan fingerprint density at radius 1 is 1.33 bits per heavy atom. The van der Waals surface area contributed by atoms with Gasteiger partial charge in [0.25, 0.3) is 0 Å². The summed E-state index contributed by atoms with van der Waals surface area (Å²) in [5.74, 6) is -0.982. The van der Waals surface area contributed by atoms with Gasteiger partial charge in [0, 0.05) is 13.2 Å². The smallest absolute Gasteiger partial charge is 0.342 e. The maximum absolute atomic E-state index is 13.0. The van der Waals surface area contributed by atoms with E-state index >= 15 is 0 Å². The van der Waals surface area contributed by atoms with Crippen LogP contribution in [-0.2, 0) is 28.2 Å². The van der Waals surface area contributed by atoms with Gasteiger partial charge in [0.15, 0.2) is 14.6 Å². The number of epoxide rings is 1. The van der Waals surface area contributed by atoms with Crippen LogP contribution in [0.5, 0.6) is 0 Å². The standard InChI is InChI=1S/C22H38O7Si/c1-15-17(28-15)10-11-18(23)22(29-19-9-7-8-12-25-19)16(13-26-20(22)24)14-27-30(5,6)21(2,3)4/h10-11,15-19,23H,7-9,12-14H2,1-6H3/b11-10+/t15-,16-,17+,18?,19?,22?/m1/s1. The monoisotopic (exact) mass is 442 g/mol. The van der Waals surface area contributed by atoms with E-state index < -0.39 is 38.2 Å². The van der Waals surface area contributed by atoms with Gasteiger partial charge in [0.2, 0.25) is 5.60 Å². The predicted molar refractivity (Wildman–Crippen MR) is 114 cm³/mol. The molecule has 3 unspecified atom stereocenters. The average Bonchev–Trinajstić information content (AvgIpc) is 3.30. The number of ether oxygens (including phenoxy) is 4. The molecular formula is C22H38O7Si. The SMILES string of the molecule is C[C@H]1O[C@H]1/C=C/C(O)C1(OC2CCCCO2)C(=O)OC[C@@H]1CO[Si](C)(C)C(C)(C)C. The number of aliphatic hydroxyl groups excluding tert-OH is 1. The van der Waals surface area contributed by atoms with Gasteiger partial charge in [-0.25, -0.2) is 4.79 Å². The summed E-state index contributed by atoms with van der Waals surface area (Å²) in [5, 5.41) is 11.2. The van der Waals surface area contributed by atoms with Crippen molar-refractivity contribution in [2.24, 2.45) is 5.92 Å². The minimum Gasteiger partial charge on any atom is -0.463 e. The van der Waals surface area contributed by atoms with Gasteiger partial charge >= 0.3 is 5.97 Å². The molecule has 0 aromatic rings. The lowest BCUT2D eigenvalue weighted by atomic mass is 9.84. The molecule has 0 spiro atoms. The summed E-state index contributed by atoms with van der Waals surface area (Å²) in [6, 6.07) is 0. The number of hydrogen-bond acceptors (Lipinski definition) is 7. The van der Waals surface area contributed by atoms with Crippen LogP contribution in [0.2, 0.25) is 18.1 Å². The molecule has 7 nitrogen and oxygen atoms in total. The lowest BCUT2D eigenvalue weighted by Crippen LogP contribution is -2.57. The zero-order valence-corrected chi connectivity index (χ0v) is 20.2. The fraction of sp³-hybridized carbons (Fsp3) is 0.864. The van der Waals surface area contributed by atoms with Crippen LogP contribution in [0.1, 0.15) is 47.0 Å². The highest BCUT2D eigenvalue weighted by Gasteiger charge is 2.60. The van der Waals surface area contributed by atoms with Crippen LogP contribution < -0.4 is 0 Å². The Balaban J connectivity index is 1.82. The molecule has 3 rings (SSSR count). The highest BCUT2D eigenvalue weighted by molar-refractivity contribution is 6.74. The number of cyclic esters (lactones) is 1. The third-order valence-corrected chi connectivity index (χ3v) is 11.4. The first-order valence-electron chi connectivity index (χ1n) is 11.1. The summed E-state index contributed by atoms with van der Waals surface area (Å²) in [6.07, 6.45) is 4.37. The van der Waals surface area contributed by atoms with Gasteiger partial charge in [-0.2, -0.15) is 0 Å². The number of carbonyl (C=O) groups is 1. The molecule has 3 aliphatic rings. The molecule has 1 N–H and O–H groups in total. The zero-order valence-electron chi connectivity index (χ0n) is 19.2. The summed E-state index contributed by atoms with van der Waals surface area (Å²) < 4.78 is 29.2. The predicted octanol–water partition coefficient (Wildman–Crippen LogP) is 3.17. The minimum absolute atomic E-state index is 0.0322. The summed E-state index contributed by atoms with van der Waals surface area (Å²) >= 11 is 0. The lowest BCUT2D eigenvalue weighted by molar-refractivity contribution is -0.250. The van der Waals surface area contributed by atoms with E-state index in [0.29, 0.717) is 13.0 Å². The van der Waals surface area contributed by atoms with E-state index in [1.54, 1.807) is 12.2 Å². The fourth-order valence-corrected chi connectivity index (χ4v) is 4.69. The van der Waals surface area contributed by atoms with Crippen molar-refractivity contribution in [2.45, 2.75) is 95.3 Å². The Morgan fingerprint density at radius 2 is 2.03 bits per heavy atom. The quantitative estimate of drug-likeness (QED) is 0.267. The third-order valence-electron chi connectivity index (χ3n) is 6.94. The minimum atomic E-state index is -2.05. The molecule has 30 heavy (non-hydrogen) atoms. The topological polar surface area (TPSA) is 86.8 Å². The molecule has 3 aliphatic heterocycles. The largest absolute Gasteiger partial charge is 0.463 e. The molecule has 0 aromatic heterocycles. The lowest BCUT2D eigenvalue weighted by Gasteiger charge is -2.41. The number of rotatable bonds is 8. The Kier molecular flexibility index (Phi) is 7.16. The van der Waals surface area contributed by atoms with Crippen molar-refractivity contribution >= 4 is 14.3 Å². The van der Waals surface area contributed by atoms with E-state index in [9.17, 15) is 9.90 Å². The van der Waals surface area contributed by atoms with Crippen LogP contribution in [0.3, 0.4) is 0 Å². The first-order valence-corrected chi connectivity index (χ1v) is 14.0. The second-order valence-electron chi connectivity index (χ2n) is 10.2. The summed E-state index contributed by atoms with van der Waals surface area (Å²) in [7, 11) is -2.05. The van der Waals surface area contributed by atoms with E-state index in [4.69, 9.17) is 23.4 Å². The molecule has 6 atom stereocenters. The zero-order chi connectivity index (χ0) is 22.2. The highest BCUT2D eigenvalue weighted by atomic mass is 28.4. The van der Waals surface area contributed by atoms with Crippen molar-refractivity contribution < 1.29 is 33.3 Å². The van der Waals surface area contributed by atoms with Crippen LogP contribution in [0.4, 0.5) is 0 Å². The van der Waals surface area contributed by atoms with E-state index in [0.717, 1.165) is 12.8 Å². The fourth-order valence-electron chi connectivity index (χ4n) is 3.64. The van der Waals surface area contributed by atoms with Crippen LogP contribution in [0, 0.1) is 5.92 Å². The van der Waals surface area contributed by atoms with Crippen molar-refractivity contribution in [2.75, 3.05) is 19.8 Å². The highest BCUT2D eigenvalue weighted by Crippen LogP contribution is 2.41. The van der Waals surface area contributed by atoms with Crippen molar-refractivity contribution in [3.05, 3.63) is 12.2 Å². The van der Waals surface area contributed by atoms with Gasteiger partial charge in [-0.05, 0) is 44.3 Å². The van der Waals surface area contributed by atoms with Crippen LogP contribution in [-0.4, -0.2) is 69.4 Å². The second kappa shape index (κ2) is 9.00.